The second-order valence-corrected chi connectivity index (χ2v) is 5.14. The molecular formula is C15H21N5. The van der Waals surface area contributed by atoms with E-state index in [4.69, 9.17) is 5.84 Å². The van der Waals surface area contributed by atoms with Gasteiger partial charge in [0.25, 0.3) is 0 Å². The molecule has 2 aromatic rings. The quantitative estimate of drug-likeness (QED) is 0.576. The van der Waals surface area contributed by atoms with Crippen molar-refractivity contribution in [1.82, 2.24) is 9.97 Å². The van der Waals surface area contributed by atoms with Gasteiger partial charge < -0.3 is 10.7 Å². The van der Waals surface area contributed by atoms with Gasteiger partial charge in [0.2, 0.25) is 0 Å². The van der Waals surface area contributed by atoms with E-state index in [1.807, 2.05) is 6.07 Å². The first-order chi connectivity index (χ1) is 9.58. The molecule has 4 N–H and O–H groups in total. The van der Waals surface area contributed by atoms with Gasteiger partial charge >= 0.3 is 0 Å². The van der Waals surface area contributed by atoms with Crippen molar-refractivity contribution in [2.75, 3.05) is 10.7 Å². The van der Waals surface area contributed by atoms with Crippen LogP contribution in [0.4, 0.5) is 11.6 Å². The largest absolute Gasteiger partial charge is 0.366 e. The summed E-state index contributed by atoms with van der Waals surface area (Å²) in [5.74, 6) is 7.87. The third-order valence-corrected chi connectivity index (χ3v) is 2.96. The van der Waals surface area contributed by atoms with E-state index in [9.17, 15) is 0 Å². The first-order valence-electron chi connectivity index (χ1n) is 6.73. The van der Waals surface area contributed by atoms with Gasteiger partial charge in [0.15, 0.2) is 0 Å². The highest BCUT2D eigenvalue weighted by Crippen LogP contribution is 2.17. The number of nitrogen functional groups attached to an aromatic ring is 1. The molecule has 5 nitrogen and oxygen atoms in total. The van der Waals surface area contributed by atoms with Crippen molar-refractivity contribution >= 4 is 11.6 Å². The fourth-order valence-corrected chi connectivity index (χ4v) is 1.90. The van der Waals surface area contributed by atoms with E-state index in [0.717, 1.165) is 18.2 Å². The second kappa shape index (κ2) is 6.34. The van der Waals surface area contributed by atoms with E-state index >= 15 is 0 Å². The van der Waals surface area contributed by atoms with E-state index in [2.05, 4.69) is 65.7 Å². The summed E-state index contributed by atoms with van der Waals surface area (Å²) in [6, 6.07) is 10.2. The Labute approximate surface area is 119 Å². The molecule has 106 valence electrons. The minimum absolute atomic E-state index is 0.253. The summed E-state index contributed by atoms with van der Waals surface area (Å²) in [5, 5.41) is 3.31. The summed E-state index contributed by atoms with van der Waals surface area (Å²) >= 11 is 0. The fraction of sp³-hybridized carbons (Fsp3) is 0.333. The van der Waals surface area contributed by atoms with Gasteiger partial charge in [-0.2, -0.15) is 0 Å². The van der Waals surface area contributed by atoms with Gasteiger partial charge in [0.05, 0.1) is 0 Å². The summed E-state index contributed by atoms with van der Waals surface area (Å²) in [6.45, 7) is 6.92. The number of hydrogen-bond donors (Lipinski definition) is 3. The monoisotopic (exact) mass is 271 g/mol. The topological polar surface area (TPSA) is 75.9 Å². The number of aromatic nitrogens is 2. The Kier molecular flexibility index (Phi) is 4.53. The fourth-order valence-electron chi connectivity index (χ4n) is 1.90. The Morgan fingerprint density at radius 1 is 1.15 bits per heavy atom. The van der Waals surface area contributed by atoms with Crippen LogP contribution in [0.15, 0.2) is 30.3 Å². The highest BCUT2D eigenvalue weighted by molar-refractivity contribution is 5.47. The Morgan fingerprint density at radius 2 is 1.90 bits per heavy atom. The Hall–Kier alpha value is -2.14. The molecule has 0 atom stereocenters. The number of hydrazine groups is 1. The molecule has 1 aromatic carbocycles. The minimum Gasteiger partial charge on any atom is -0.366 e. The number of hydrogen-bond acceptors (Lipinski definition) is 5. The summed E-state index contributed by atoms with van der Waals surface area (Å²) in [7, 11) is 0. The van der Waals surface area contributed by atoms with Gasteiger partial charge in [-0.15, -0.1) is 0 Å². The molecule has 0 amide bonds. The molecule has 0 saturated carbocycles. The lowest BCUT2D eigenvalue weighted by Crippen LogP contribution is -2.13. The Morgan fingerprint density at radius 3 is 2.55 bits per heavy atom. The molecule has 1 heterocycles. The lowest BCUT2D eigenvalue weighted by molar-refractivity contribution is 0.775. The molecule has 20 heavy (non-hydrogen) atoms. The molecule has 0 unspecified atom stereocenters. The van der Waals surface area contributed by atoms with Gasteiger partial charge in [-0.05, 0) is 12.5 Å². The SMILES string of the molecule is Cc1cccc(CNc2cc(NN)nc(C(C)C)n2)c1. The van der Waals surface area contributed by atoms with Gasteiger partial charge in [0, 0.05) is 18.5 Å². The zero-order valence-electron chi connectivity index (χ0n) is 12.1. The van der Waals surface area contributed by atoms with Crippen LogP contribution in [0.2, 0.25) is 0 Å². The number of rotatable bonds is 5. The van der Waals surface area contributed by atoms with Crippen molar-refractivity contribution in [3.05, 3.63) is 47.3 Å². The Bertz CT molecular complexity index is 580. The van der Waals surface area contributed by atoms with Crippen molar-refractivity contribution in [1.29, 1.82) is 0 Å². The molecule has 0 aliphatic carbocycles. The molecular weight excluding hydrogens is 250 g/mol. The summed E-state index contributed by atoms with van der Waals surface area (Å²) in [6.07, 6.45) is 0. The molecule has 0 radical (unpaired) electrons. The first kappa shape index (κ1) is 14.3. The number of nitrogens with zero attached hydrogens (tertiary/aromatic N) is 2. The number of nitrogens with one attached hydrogen (secondary N) is 2. The lowest BCUT2D eigenvalue weighted by Gasteiger charge is -2.11. The van der Waals surface area contributed by atoms with Crippen molar-refractivity contribution in [3.8, 4) is 0 Å². The maximum absolute atomic E-state index is 5.45. The van der Waals surface area contributed by atoms with Crippen LogP contribution in [-0.2, 0) is 6.54 Å². The predicted molar refractivity (Wildman–Crippen MR) is 82.4 cm³/mol. The maximum Gasteiger partial charge on any atom is 0.145 e. The number of anilines is 2. The second-order valence-electron chi connectivity index (χ2n) is 5.14. The molecule has 2 rings (SSSR count). The number of benzene rings is 1. The zero-order valence-corrected chi connectivity index (χ0v) is 12.1. The summed E-state index contributed by atoms with van der Waals surface area (Å²) < 4.78 is 0. The molecule has 0 bridgehead atoms. The van der Waals surface area contributed by atoms with Crippen LogP contribution in [0, 0.1) is 6.92 Å². The summed E-state index contributed by atoms with van der Waals surface area (Å²) in [4.78, 5) is 8.83. The highest BCUT2D eigenvalue weighted by atomic mass is 15.3. The maximum atomic E-state index is 5.45. The summed E-state index contributed by atoms with van der Waals surface area (Å²) in [5.41, 5.74) is 5.05. The van der Waals surface area contributed by atoms with Crippen molar-refractivity contribution in [3.63, 3.8) is 0 Å². The smallest absolute Gasteiger partial charge is 0.145 e. The van der Waals surface area contributed by atoms with Gasteiger partial charge in [-0.25, -0.2) is 15.8 Å². The molecule has 0 aliphatic heterocycles. The van der Waals surface area contributed by atoms with Crippen LogP contribution in [0.5, 0.6) is 0 Å². The van der Waals surface area contributed by atoms with Crippen LogP contribution in [0.3, 0.4) is 0 Å². The normalized spacial score (nSPS) is 10.7. The lowest BCUT2D eigenvalue weighted by atomic mass is 10.1. The van der Waals surface area contributed by atoms with E-state index in [1.54, 1.807) is 0 Å². The molecule has 0 fully saturated rings. The number of nitrogens with two attached hydrogens (primary N) is 1. The first-order valence-corrected chi connectivity index (χ1v) is 6.73. The van der Waals surface area contributed by atoms with Crippen LogP contribution in [0.1, 0.15) is 36.7 Å². The van der Waals surface area contributed by atoms with E-state index < -0.39 is 0 Å². The minimum atomic E-state index is 0.253. The molecule has 0 aliphatic rings. The molecule has 0 spiro atoms. The Balaban J connectivity index is 2.14. The third kappa shape index (κ3) is 3.68. The van der Waals surface area contributed by atoms with E-state index in [-0.39, 0.29) is 5.92 Å². The standard InChI is InChI=1S/C15H21N5/c1-10(2)15-18-13(8-14(19-15)20-16)17-9-12-6-4-5-11(3)7-12/h4-8,10H,9,16H2,1-3H3,(H2,17,18,19,20). The average molecular weight is 271 g/mol. The van der Waals surface area contributed by atoms with Gasteiger partial charge in [-0.3, -0.25) is 0 Å². The molecule has 1 aromatic heterocycles. The van der Waals surface area contributed by atoms with E-state index in [0.29, 0.717) is 5.82 Å². The van der Waals surface area contributed by atoms with Crippen molar-refractivity contribution in [2.24, 2.45) is 5.84 Å². The van der Waals surface area contributed by atoms with Crippen molar-refractivity contribution in [2.45, 2.75) is 33.2 Å². The van der Waals surface area contributed by atoms with E-state index in [1.165, 1.54) is 11.1 Å². The van der Waals surface area contributed by atoms with Gasteiger partial charge in [0.1, 0.15) is 17.5 Å². The molecule has 0 saturated heterocycles. The highest BCUT2D eigenvalue weighted by Gasteiger charge is 2.07. The molecule has 5 heteroatoms. The van der Waals surface area contributed by atoms with Crippen LogP contribution >= 0.6 is 0 Å². The van der Waals surface area contributed by atoms with Crippen molar-refractivity contribution < 1.29 is 0 Å². The van der Waals surface area contributed by atoms with Crippen LogP contribution in [0.25, 0.3) is 0 Å². The van der Waals surface area contributed by atoms with Crippen LogP contribution < -0.4 is 16.6 Å². The van der Waals surface area contributed by atoms with Crippen LogP contribution in [-0.4, -0.2) is 9.97 Å². The zero-order chi connectivity index (χ0) is 14.5. The third-order valence-electron chi connectivity index (χ3n) is 2.96. The number of aryl methyl sites for hydroxylation is 1. The average Bonchev–Trinajstić information content (AvgIpc) is 2.45. The predicted octanol–water partition coefficient (Wildman–Crippen LogP) is 2.81. The van der Waals surface area contributed by atoms with Gasteiger partial charge in [-0.1, -0.05) is 43.7 Å².